The van der Waals surface area contributed by atoms with E-state index in [2.05, 4.69) is 12.2 Å². The van der Waals surface area contributed by atoms with Crippen molar-refractivity contribution in [2.75, 3.05) is 13.2 Å². The third kappa shape index (κ3) is 5.64. The molecule has 0 rings (SSSR count). The third-order valence-electron chi connectivity index (χ3n) is 2.16. The number of aliphatic hydroxyl groups is 1. The van der Waals surface area contributed by atoms with Gasteiger partial charge >= 0.3 is 0 Å². The molecule has 13 heavy (non-hydrogen) atoms. The predicted octanol–water partition coefficient (Wildman–Crippen LogP) is 1.31. The van der Waals surface area contributed by atoms with Crippen LogP contribution in [0.5, 0.6) is 0 Å². The number of hydrogen-bond donors (Lipinski definition) is 2. The second-order valence-corrected chi connectivity index (χ2v) is 3.29. The fourth-order valence-corrected chi connectivity index (χ4v) is 1.13. The van der Waals surface area contributed by atoms with Gasteiger partial charge in [-0.3, -0.25) is 4.79 Å². The van der Waals surface area contributed by atoms with Gasteiger partial charge < -0.3 is 10.4 Å². The van der Waals surface area contributed by atoms with Crippen LogP contribution < -0.4 is 5.32 Å². The summed E-state index contributed by atoms with van der Waals surface area (Å²) in [5.74, 6) is -0.234. The van der Waals surface area contributed by atoms with Gasteiger partial charge in [0.2, 0.25) is 5.91 Å². The largest absolute Gasteiger partial charge is 0.396 e. The molecule has 78 valence electrons. The smallest absolute Gasteiger partial charge is 0.225 e. The first-order valence-electron chi connectivity index (χ1n) is 5.14. The number of aliphatic hydroxyl groups excluding tert-OH is 1. The molecular formula is C10H21NO2. The third-order valence-corrected chi connectivity index (χ3v) is 2.16. The Bertz CT molecular complexity index is 133. The summed E-state index contributed by atoms with van der Waals surface area (Å²) in [6.07, 6.45) is 4.05. The van der Waals surface area contributed by atoms with E-state index in [0.29, 0.717) is 6.42 Å². The molecule has 0 fully saturated rings. The van der Waals surface area contributed by atoms with Crippen molar-refractivity contribution in [3.05, 3.63) is 0 Å². The predicted molar refractivity (Wildman–Crippen MR) is 53.4 cm³/mol. The van der Waals surface area contributed by atoms with E-state index >= 15 is 0 Å². The molecule has 0 spiro atoms. The molecule has 1 amide bonds. The molecule has 0 aromatic rings. The summed E-state index contributed by atoms with van der Waals surface area (Å²) in [6, 6.07) is 0. The molecule has 1 atom stereocenters. The molecule has 0 saturated heterocycles. The quantitative estimate of drug-likeness (QED) is 0.590. The van der Waals surface area contributed by atoms with Crippen LogP contribution in [0.2, 0.25) is 0 Å². The number of nitrogens with one attached hydrogen (secondary N) is 1. The van der Waals surface area contributed by atoms with Gasteiger partial charge in [0.25, 0.3) is 0 Å². The number of carbonyl (C=O) groups excluding carboxylic acids is 1. The summed E-state index contributed by atoms with van der Waals surface area (Å²) in [5.41, 5.74) is 0. The number of unbranched alkanes of at least 4 members (excludes halogenated alkanes) is 2. The average Bonchev–Trinajstić information content (AvgIpc) is 2.14. The molecule has 1 unspecified atom stereocenters. The van der Waals surface area contributed by atoms with Crippen LogP contribution in [0.25, 0.3) is 0 Å². The normalized spacial score (nSPS) is 12.5. The molecule has 0 saturated carbocycles. The van der Waals surface area contributed by atoms with Crippen molar-refractivity contribution in [3.8, 4) is 0 Å². The summed E-state index contributed by atoms with van der Waals surface area (Å²) in [4.78, 5) is 11.3. The molecule has 0 aliphatic rings. The zero-order chi connectivity index (χ0) is 10.1. The molecule has 3 heteroatoms. The summed E-state index contributed by atoms with van der Waals surface area (Å²) in [6.45, 7) is 4.73. The Kier molecular flexibility index (Phi) is 7.69. The highest BCUT2D eigenvalue weighted by atomic mass is 16.3. The standard InChI is InChI=1S/C10H21NO2/c1-3-5-6-7-11-10(13)9(4-2)8-12/h9,12H,3-8H2,1-2H3,(H,11,13). The maximum absolute atomic E-state index is 11.3. The van der Waals surface area contributed by atoms with E-state index in [1.54, 1.807) is 0 Å². The molecule has 3 nitrogen and oxygen atoms in total. The average molecular weight is 187 g/mol. The van der Waals surface area contributed by atoms with E-state index in [9.17, 15) is 4.79 Å². The Morgan fingerprint density at radius 3 is 2.54 bits per heavy atom. The molecule has 0 heterocycles. The van der Waals surface area contributed by atoms with Crippen molar-refractivity contribution in [2.45, 2.75) is 39.5 Å². The number of rotatable bonds is 7. The Hall–Kier alpha value is -0.570. The molecule has 0 radical (unpaired) electrons. The van der Waals surface area contributed by atoms with E-state index < -0.39 is 0 Å². The van der Waals surface area contributed by atoms with Crippen LogP contribution in [-0.2, 0) is 4.79 Å². The lowest BCUT2D eigenvalue weighted by molar-refractivity contribution is -0.126. The zero-order valence-corrected chi connectivity index (χ0v) is 8.68. The van der Waals surface area contributed by atoms with Crippen molar-refractivity contribution in [1.82, 2.24) is 5.32 Å². The van der Waals surface area contributed by atoms with Gasteiger partial charge in [-0.25, -0.2) is 0 Å². The minimum Gasteiger partial charge on any atom is -0.396 e. The summed E-state index contributed by atoms with van der Waals surface area (Å²) >= 11 is 0. The van der Waals surface area contributed by atoms with E-state index in [1.807, 2.05) is 6.92 Å². The molecule has 0 aliphatic heterocycles. The van der Waals surface area contributed by atoms with Gasteiger partial charge in [0, 0.05) is 6.54 Å². The van der Waals surface area contributed by atoms with Crippen LogP contribution in [0.4, 0.5) is 0 Å². The topological polar surface area (TPSA) is 49.3 Å². The summed E-state index contributed by atoms with van der Waals surface area (Å²) in [5, 5.41) is 11.7. The molecular weight excluding hydrogens is 166 g/mol. The van der Waals surface area contributed by atoms with Crippen molar-refractivity contribution in [1.29, 1.82) is 0 Å². The number of hydrogen-bond acceptors (Lipinski definition) is 2. The number of amides is 1. The highest BCUT2D eigenvalue weighted by Crippen LogP contribution is 2.00. The fourth-order valence-electron chi connectivity index (χ4n) is 1.13. The fraction of sp³-hybridized carbons (Fsp3) is 0.900. The van der Waals surface area contributed by atoms with Crippen LogP contribution in [0.3, 0.4) is 0 Å². The van der Waals surface area contributed by atoms with Crippen LogP contribution in [0, 0.1) is 5.92 Å². The highest BCUT2D eigenvalue weighted by molar-refractivity contribution is 5.78. The first-order valence-corrected chi connectivity index (χ1v) is 5.14. The van der Waals surface area contributed by atoms with Gasteiger partial charge in [-0.1, -0.05) is 26.7 Å². The van der Waals surface area contributed by atoms with Gasteiger partial charge in [-0.2, -0.15) is 0 Å². The maximum atomic E-state index is 11.3. The second-order valence-electron chi connectivity index (χ2n) is 3.29. The van der Waals surface area contributed by atoms with Crippen molar-refractivity contribution in [3.63, 3.8) is 0 Å². The Morgan fingerprint density at radius 1 is 1.38 bits per heavy atom. The Labute approximate surface area is 80.5 Å². The summed E-state index contributed by atoms with van der Waals surface area (Å²) in [7, 11) is 0. The molecule has 0 aliphatic carbocycles. The monoisotopic (exact) mass is 187 g/mol. The first-order chi connectivity index (χ1) is 6.26. The van der Waals surface area contributed by atoms with Crippen LogP contribution in [-0.4, -0.2) is 24.2 Å². The molecule has 0 aromatic carbocycles. The van der Waals surface area contributed by atoms with Gasteiger partial charge in [0.05, 0.1) is 12.5 Å². The lowest BCUT2D eigenvalue weighted by Gasteiger charge is -2.11. The minimum absolute atomic E-state index is 0.0129. The maximum Gasteiger partial charge on any atom is 0.225 e. The second kappa shape index (κ2) is 8.05. The van der Waals surface area contributed by atoms with Crippen LogP contribution in [0.1, 0.15) is 39.5 Å². The highest BCUT2D eigenvalue weighted by Gasteiger charge is 2.13. The van der Waals surface area contributed by atoms with Crippen LogP contribution >= 0.6 is 0 Å². The SMILES string of the molecule is CCCCCNC(=O)C(CC)CO. The Balaban J connectivity index is 3.48. The van der Waals surface area contributed by atoms with E-state index in [4.69, 9.17) is 5.11 Å². The first kappa shape index (κ1) is 12.4. The molecule has 0 bridgehead atoms. The van der Waals surface area contributed by atoms with E-state index in [1.165, 1.54) is 0 Å². The van der Waals surface area contributed by atoms with E-state index in [0.717, 1.165) is 25.8 Å². The Morgan fingerprint density at radius 2 is 2.08 bits per heavy atom. The zero-order valence-electron chi connectivity index (χ0n) is 8.68. The van der Waals surface area contributed by atoms with E-state index in [-0.39, 0.29) is 18.4 Å². The molecule has 0 aromatic heterocycles. The van der Waals surface area contributed by atoms with Crippen LogP contribution in [0.15, 0.2) is 0 Å². The molecule has 2 N–H and O–H groups in total. The van der Waals surface area contributed by atoms with Gasteiger partial charge in [0.15, 0.2) is 0 Å². The summed E-state index contributed by atoms with van der Waals surface area (Å²) < 4.78 is 0. The lowest BCUT2D eigenvalue weighted by Crippen LogP contribution is -2.32. The van der Waals surface area contributed by atoms with Crippen molar-refractivity contribution in [2.24, 2.45) is 5.92 Å². The van der Waals surface area contributed by atoms with Gasteiger partial charge in [-0.15, -0.1) is 0 Å². The van der Waals surface area contributed by atoms with Crippen molar-refractivity contribution < 1.29 is 9.90 Å². The van der Waals surface area contributed by atoms with Gasteiger partial charge in [-0.05, 0) is 12.8 Å². The van der Waals surface area contributed by atoms with Crippen molar-refractivity contribution >= 4 is 5.91 Å². The number of carbonyl (C=O) groups is 1. The van der Waals surface area contributed by atoms with Gasteiger partial charge in [0.1, 0.15) is 0 Å². The lowest BCUT2D eigenvalue weighted by atomic mass is 10.1. The minimum atomic E-state index is -0.221.